The van der Waals surface area contributed by atoms with Gasteiger partial charge in [-0.25, -0.2) is 4.79 Å². The molecule has 1 aromatic carbocycles. The number of rotatable bonds is 6. The Bertz CT molecular complexity index is 786. The van der Waals surface area contributed by atoms with Gasteiger partial charge in [-0.2, -0.15) is 5.10 Å². The molecular formula is C18H23N3O3S. The lowest BCUT2D eigenvalue weighted by Gasteiger charge is -2.15. The lowest BCUT2D eigenvalue weighted by atomic mass is 10.2. The molecule has 1 heterocycles. The van der Waals surface area contributed by atoms with E-state index in [1.165, 1.54) is 0 Å². The lowest BCUT2D eigenvalue weighted by Crippen LogP contribution is -2.30. The van der Waals surface area contributed by atoms with Crippen molar-refractivity contribution in [2.75, 3.05) is 11.1 Å². The van der Waals surface area contributed by atoms with Crippen LogP contribution in [-0.4, -0.2) is 33.5 Å². The van der Waals surface area contributed by atoms with Crippen LogP contribution in [0.2, 0.25) is 0 Å². The first kappa shape index (κ1) is 19.1. The molecule has 0 saturated heterocycles. The highest BCUT2D eigenvalue weighted by Gasteiger charge is 2.22. The van der Waals surface area contributed by atoms with E-state index in [1.54, 1.807) is 35.5 Å². The molecule has 0 unspecified atom stereocenters. The number of carbonyl (C=O) groups excluding carboxylic acids is 2. The van der Waals surface area contributed by atoms with Crippen LogP contribution in [0.1, 0.15) is 35.6 Å². The zero-order valence-corrected chi connectivity index (χ0v) is 15.9. The van der Waals surface area contributed by atoms with Gasteiger partial charge in [0.2, 0.25) is 0 Å². The molecule has 25 heavy (non-hydrogen) atoms. The number of nitrogens with zero attached hydrogens (tertiary/aromatic N) is 2. The predicted octanol–water partition coefficient (Wildman–Crippen LogP) is 3.33. The van der Waals surface area contributed by atoms with Crippen LogP contribution >= 0.6 is 11.8 Å². The SMILES string of the molecule is CCSc1ccccc1C(=O)O[C@@H](C)C(=O)Nc1c(C)nn(C)c1C. The summed E-state index contributed by atoms with van der Waals surface area (Å²) in [6.07, 6.45) is -0.911. The van der Waals surface area contributed by atoms with Crippen LogP contribution in [0.25, 0.3) is 0 Å². The maximum Gasteiger partial charge on any atom is 0.340 e. The Kier molecular flexibility index (Phi) is 6.25. The molecule has 1 aromatic heterocycles. The summed E-state index contributed by atoms with van der Waals surface area (Å²) < 4.78 is 7.05. The summed E-state index contributed by atoms with van der Waals surface area (Å²) in [4.78, 5) is 25.6. The van der Waals surface area contributed by atoms with Crippen LogP contribution in [0.15, 0.2) is 29.2 Å². The number of anilines is 1. The first-order valence-corrected chi connectivity index (χ1v) is 9.07. The van der Waals surface area contributed by atoms with Crippen molar-refractivity contribution in [3.63, 3.8) is 0 Å². The maximum absolute atomic E-state index is 12.4. The molecule has 0 aliphatic carbocycles. The van der Waals surface area contributed by atoms with Gasteiger partial charge >= 0.3 is 5.97 Å². The van der Waals surface area contributed by atoms with Crippen LogP contribution in [0.3, 0.4) is 0 Å². The first-order chi connectivity index (χ1) is 11.8. The van der Waals surface area contributed by atoms with Gasteiger partial charge in [-0.05, 0) is 38.7 Å². The van der Waals surface area contributed by atoms with Crippen molar-refractivity contribution in [3.8, 4) is 0 Å². The van der Waals surface area contributed by atoms with Gasteiger partial charge < -0.3 is 10.1 Å². The number of esters is 1. The summed E-state index contributed by atoms with van der Waals surface area (Å²) >= 11 is 1.56. The molecule has 0 radical (unpaired) electrons. The van der Waals surface area contributed by atoms with E-state index in [2.05, 4.69) is 10.4 Å². The molecule has 0 aliphatic heterocycles. The summed E-state index contributed by atoms with van der Waals surface area (Å²) in [6.45, 7) is 7.26. The van der Waals surface area contributed by atoms with Gasteiger partial charge in [0.15, 0.2) is 6.10 Å². The number of thioether (sulfide) groups is 1. The van der Waals surface area contributed by atoms with Gasteiger partial charge in [-0.3, -0.25) is 9.48 Å². The molecule has 134 valence electrons. The topological polar surface area (TPSA) is 73.2 Å². The van der Waals surface area contributed by atoms with Crippen LogP contribution in [-0.2, 0) is 16.6 Å². The molecule has 0 spiro atoms. The fraction of sp³-hybridized carbons (Fsp3) is 0.389. The minimum Gasteiger partial charge on any atom is -0.449 e. The Morgan fingerprint density at radius 2 is 2.00 bits per heavy atom. The number of aromatic nitrogens is 2. The lowest BCUT2D eigenvalue weighted by molar-refractivity contribution is -0.123. The van der Waals surface area contributed by atoms with Crippen LogP contribution in [0, 0.1) is 13.8 Å². The monoisotopic (exact) mass is 361 g/mol. The summed E-state index contributed by atoms with van der Waals surface area (Å²) in [5.74, 6) is -0.0353. The third kappa shape index (κ3) is 4.42. The number of carbonyl (C=O) groups is 2. The Morgan fingerprint density at radius 1 is 1.32 bits per heavy atom. The highest BCUT2D eigenvalue weighted by Crippen LogP contribution is 2.23. The van der Waals surface area contributed by atoms with Crippen LogP contribution in [0.4, 0.5) is 5.69 Å². The fourth-order valence-electron chi connectivity index (χ4n) is 2.37. The average molecular weight is 361 g/mol. The highest BCUT2D eigenvalue weighted by atomic mass is 32.2. The number of benzene rings is 1. The van der Waals surface area contributed by atoms with Crippen molar-refractivity contribution in [1.82, 2.24) is 9.78 Å². The second kappa shape index (κ2) is 8.20. The average Bonchev–Trinajstić information content (AvgIpc) is 2.81. The normalized spacial score (nSPS) is 11.9. The molecule has 6 nitrogen and oxygen atoms in total. The van der Waals surface area contributed by atoms with Crippen molar-refractivity contribution in [3.05, 3.63) is 41.2 Å². The van der Waals surface area contributed by atoms with E-state index in [0.29, 0.717) is 11.3 Å². The van der Waals surface area contributed by atoms with Gasteiger partial charge in [-0.15, -0.1) is 11.8 Å². The minimum absolute atomic E-state index is 0.381. The number of aryl methyl sites for hydroxylation is 2. The molecule has 0 bridgehead atoms. The van der Waals surface area contributed by atoms with Gasteiger partial charge in [0.05, 0.1) is 22.6 Å². The molecular weight excluding hydrogens is 338 g/mol. The smallest absolute Gasteiger partial charge is 0.340 e. The molecule has 1 amide bonds. The highest BCUT2D eigenvalue weighted by molar-refractivity contribution is 7.99. The molecule has 2 rings (SSSR count). The molecule has 7 heteroatoms. The number of hydrogen-bond donors (Lipinski definition) is 1. The number of nitrogens with one attached hydrogen (secondary N) is 1. The van der Waals surface area contributed by atoms with Gasteiger partial charge in [0.25, 0.3) is 5.91 Å². The molecule has 2 aromatic rings. The number of ether oxygens (including phenoxy) is 1. The third-order valence-electron chi connectivity index (χ3n) is 3.82. The molecule has 0 aliphatic rings. The Morgan fingerprint density at radius 3 is 2.60 bits per heavy atom. The Balaban J connectivity index is 2.07. The summed E-state index contributed by atoms with van der Waals surface area (Å²) in [5.41, 5.74) is 2.69. The van der Waals surface area contributed by atoms with Crippen molar-refractivity contribution in [2.45, 2.75) is 38.7 Å². The third-order valence-corrected chi connectivity index (χ3v) is 4.77. The summed E-state index contributed by atoms with van der Waals surface area (Å²) in [7, 11) is 1.81. The summed E-state index contributed by atoms with van der Waals surface area (Å²) in [5, 5.41) is 7.05. The number of amides is 1. The van der Waals surface area contributed by atoms with Crippen molar-refractivity contribution < 1.29 is 14.3 Å². The van der Waals surface area contributed by atoms with Gasteiger partial charge in [-0.1, -0.05) is 19.1 Å². The Hall–Kier alpha value is -2.28. The Labute approximate surface area is 151 Å². The van der Waals surface area contributed by atoms with Crippen molar-refractivity contribution >= 4 is 29.3 Å². The van der Waals surface area contributed by atoms with Gasteiger partial charge in [0.1, 0.15) is 0 Å². The quantitative estimate of drug-likeness (QED) is 0.631. The fourth-order valence-corrected chi connectivity index (χ4v) is 3.17. The molecule has 0 fully saturated rings. The van der Waals surface area contributed by atoms with E-state index in [-0.39, 0.29) is 5.91 Å². The van der Waals surface area contributed by atoms with Crippen LogP contribution < -0.4 is 5.32 Å². The van der Waals surface area contributed by atoms with Gasteiger partial charge in [0, 0.05) is 11.9 Å². The zero-order chi connectivity index (χ0) is 18.6. The molecule has 1 N–H and O–H groups in total. The van der Waals surface area contributed by atoms with E-state index in [0.717, 1.165) is 22.0 Å². The van der Waals surface area contributed by atoms with E-state index in [4.69, 9.17) is 4.74 Å². The van der Waals surface area contributed by atoms with E-state index < -0.39 is 12.1 Å². The molecule has 0 saturated carbocycles. The summed E-state index contributed by atoms with van der Waals surface area (Å²) in [6, 6.07) is 7.24. The zero-order valence-electron chi connectivity index (χ0n) is 15.1. The molecule has 1 atom stereocenters. The van der Waals surface area contributed by atoms with Crippen molar-refractivity contribution in [1.29, 1.82) is 0 Å². The maximum atomic E-state index is 12.4. The second-order valence-electron chi connectivity index (χ2n) is 5.64. The van der Waals surface area contributed by atoms with E-state index in [1.807, 2.05) is 40.0 Å². The second-order valence-corrected chi connectivity index (χ2v) is 6.94. The van der Waals surface area contributed by atoms with E-state index in [9.17, 15) is 9.59 Å². The van der Waals surface area contributed by atoms with E-state index >= 15 is 0 Å². The number of hydrogen-bond acceptors (Lipinski definition) is 5. The first-order valence-electron chi connectivity index (χ1n) is 8.09. The minimum atomic E-state index is -0.911. The van der Waals surface area contributed by atoms with Crippen molar-refractivity contribution in [2.24, 2.45) is 7.05 Å². The largest absolute Gasteiger partial charge is 0.449 e. The predicted molar refractivity (Wildman–Crippen MR) is 99.0 cm³/mol. The van der Waals surface area contributed by atoms with Crippen LogP contribution in [0.5, 0.6) is 0 Å². The standard InChI is InChI=1S/C18H23N3O3S/c1-6-25-15-10-8-7-9-14(15)18(23)24-13(4)17(22)19-16-11(2)20-21(5)12(16)3/h7-10,13H,6H2,1-5H3,(H,19,22)/t13-/m0/s1.